The molecule has 2 aromatic heterocycles. The third-order valence-corrected chi connectivity index (χ3v) is 7.50. The number of pyridine rings is 2. The Balaban J connectivity index is 1.53. The summed E-state index contributed by atoms with van der Waals surface area (Å²) in [5, 5.41) is 2.56. The number of aromatic nitrogens is 2. The number of ether oxygens (including phenoxy) is 1. The lowest BCUT2D eigenvalue weighted by Gasteiger charge is -2.39. The molecule has 2 saturated heterocycles. The maximum absolute atomic E-state index is 15.6. The first-order valence-corrected chi connectivity index (χ1v) is 13.2. The summed E-state index contributed by atoms with van der Waals surface area (Å²) in [6.45, 7) is 6.23. The Morgan fingerprint density at radius 1 is 1.10 bits per heavy atom. The minimum Gasteiger partial charge on any atom is -0.378 e. The zero-order valence-electron chi connectivity index (χ0n) is 22.6. The number of halogens is 4. The number of carbonyl (C=O) groups is 1. The van der Waals surface area contributed by atoms with Crippen molar-refractivity contribution in [1.29, 1.82) is 0 Å². The van der Waals surface area contributed by atoms with Gasteiger partial charge in [0.15, 0.2) is 0 Å². The van der Waals surface area contributed by atoms with E-state index < -0.39 is 34.6 Å². The number of benzene rings is 1. The molecule has 1 amide bonds. The van der Waals surface area contributed by atoms with Crippen LogP contribution in [-0.4, -0.2) is 79.8 Å². The lowest BCUT2D eigenvalue weighted by molar-refractivity contribution is -0.138. The second-order valence-electron chi connectivity index (χ2n) is 10.2. The van der Waals surface area contributed by atoms with Gasteiger partial charge >= 0.3 is 6.18 Å². The molecule has 2 N–H and O–H groups in total. The topological polar surface area (TPSA) is 93.8 Å². The van der Waals surface area contributed by atoms with Gasteiger partial charge in [0.1, 0.15) is 11.6 Å². The highest BCUT2D eigenvalue weighted by atomic mass is 19.4. The van der Waals surface area contributed by atoms with E-state index in [-0.39, 0.29) is 17.3 Å². The molecule has 2 fully saturated rings. The van der Waals surface area contributed by atoms with Gasteiger partial charge in [0.05, 0.1) is 35.7 Å². The zero-order chi connectivity index (χ0) is 29.3. The lowest BCUT2D eigenvalue weighted by atomic mass is 10.0. The Hall–Kier alpha value is -3.97. The van der Waals surface area contributed by atoms with Crippen molar-refractivity contribution in [3.05, 3.63) is 70.0 Å². The SMILES string of the molecule is C[C@@H]1CN(c2cc(F)c(-c3ccc(N4CCOCC4)nc3)cc2NC(=O)c2c[nH]c(=O)cc2C(F)(F)F)CCN1C. The van der Waals surface area contributed by atoms with Gasteiger partial charge in [0.25, 0.3) is 5.91 Å². The molecule has 1 atom stereocenters. The molecule has 0 spiro atoms. The van der Waals surface area contributed by atoms with Crippen LogP contribution in [0.5, 0.6) is 0 Å². The van der Waals surface area contributed by atoms with Gasteiger partial charge in [-0.1, -0.05) is 0 Å². The van der Waals surface area contributed by atoms with Crippen LogP contribution in [0.1, 0.15) is 22.8 Å². The molecule has 0 unspecified atom stereocenters. The van der Waals surface area contributed by atoms with Crippen molar-refractivity contribution in [3.63, 3.8) is 0 Å². The quantitative estimate of drug-likeness (QED) is 0.448. The number of likely N-dealkylation sites (N-methyl/N-ethyl adjacent to an activating group) is 1. The highest BCUT2D eigenvalue weighted by Crippen LogP contribution is 2.37. The van der Waals surface area contributed by atoms with Crippen molar-refractivity contribution < 1.29 is 27.1 Å². The molecule has 0 saturated carbocycles. The van der Waals surface area contributed by atoms with Gasteiger partial charge in [-0.3, -0.25) is 9.59 Å². The number of morpholine rings is 1. The third-order valence-electron chi connectivity index (χ3n) is 7.50. The fourth-order valence-electron chi connectivity index (χ4n) is 5.02. The molecule has 218 valence electrons. The van der Waals surface area contributed by atoms with E-state index in [1.165, 1.54) is 18.3 Å². The number of hydrogen-bond acceptors (Lipinski definition) is 7. The van der Waals surface area contributed by atoms with E-state index in [4.69, 9.17) is 4.74 Å². The fourth-order valence-corrected chi connectivity index (χ4v) is 5.02. The molecule has 9 nitrogen and oxygen atoms in total. The highest BCUT2D eigenvalue weighted by molar-refractivity contribution is 6.07. The van der Waals surface area contributed by atoms with Crippen LogP contribution >= 0.6 is 0 Å². The monoisotopic (exact) mass is 574 g/mol. The summed E-state index contributed by atoms with van der Waals surface area (Å²) in [4.78, 5) is 37.5. The van der Waals surface area contributed by atoms with E-state index in [0.717, 1.165) is 6.20 Å². The summed E-state index contributed by atoms with van der Waals surface area (Å²) < 4.78 is 62.0. The van der Waals surface area contributed by atoms with Crippen LogP contribution in [0.4, 0.5) is 34.8 Å². The number of H-pyrrole nitrogens is 1. The molecule has 1 aromatic carbocycles. The van der Waals surface area contributed by atoms with Gasteiger partial charge in [0.2, 0.25) is 5.56 Å². The van der Waals surface area contributed by atoms with E-state index in [1.807, 2.05) is 18.9 Å². The highest BCUT2D eigenvalue weighted by Gasteiger charge is 2.36. The second-order valence-corrected chi connectivity index (χ2v) is 10.2. The summed E-state index contributed by atoms with van der Waals surface area (Å²) >= 11 is 0. The van der Waals surface area contributed by atoms with Crippen molar-refractivity contribution in [2.24, 2.45) is 0 Å². The van der Waals surface area contributed by atoms with E-state index in [2.05, 4.69) is 25.1 Å². The Bertz CT molecular complexity index is 1470. The van der Waals surface area contributed by atoms with Gasteiger partial charge < -0.3 is 29.7 Å². The standard InChI is InChI=1S/C28H30F4N6O3/c1-17-16-38(6-5-36(17)2)24-13-22(29)19(18-3-4-25(33-14-18)37-7-9-41-10-8-37)11-23(24)35-27(40)20-15-34-26(39)12-21(20)28(30,31)32/h3-4,11-15,17H,5-10,16H2,1-2H3,(H,34,39)(H,35,40)/t17-/m1/s1. The van der Waals surface area contributed by atoms with Crippen LogP contribution in [-0.2, 0) is 10.9 Å². The van der Waals surface area contributed by atoms with Crippen molar-refractivity contribution in [2.75, 3.05) is 68.1 Å². The normalized spacial score (nSPS) is 18.4. The largest absolute Gasteiger partial charge is 0.417 e. The van der Waals surface area contributed by atoms with Crippen LogP contribution in [0.2, 0.25) is 0 Å². The Morgan fingerprint density at radius 3 is 2.51 bits per heavy atom. The first-order chi connectivity index (χ1) is 19.5. The molecule has 13 heteroatoms. The van der Waals surface area contributed by atoms with Crippen LogP contribution in [0.3, 0.4) is 0 Å². The molecular weight excluding hydrogens is 544 g/mol. The molecule has 3 aromatic rings. The number of nitrogens with zero attached hydrogens (tertiary/aromatic N) is 4. The number of piperazine rings is 1. The molecule has 0 bridgehead atoms. The van der Waals surface area contributed by atoms with Gasteiger partial charge in [0, 0.05) is 68.4 Å². The van der Waals surface area contributed by atoms with E-state index >= 15 is 4.39 Å². The average Bonchev–Trinajstić information content (AvgIpc) is 2.95. The van der Waals surface area contributed by atoms with Crippen molar-refractivity contribution in [1.82, 2.24) is 14.9 Å². The summed E-state index contributed by atoms with van der Waals surface area (Å²) in [6.07, 6.45) is -2.68. The van der Waals surface area contributed by atoms with Gasteiger partial charge in [-0.15, -0.1) is 0 Å². The molecule has 0 radical (unpaired) electrons. The average molecular weight is 575 g/mol. The van der Waals surface area contributed by atoms with Crippen molar-refractivity contribution in [3.8, 4) is 11.1 Å². The Morgan fingerprint density at radius 2 is 1.85 bits per heavy atom. The number of nitrogens with one attached hydrogen (secondary N) is 2. The molecule has 0 aliphatic carbocycles. The minimum absolute atomic E-state index is 0.114. The first kappa shape index (κ1) is 28.6. The minimum atomic E-state index is -4.93. The zero-order valence-corrected chi connectivity index (χ0v) is 22.6. The number of amides is 1. The molecular formula is C28H30F4N6O3. The third kappa shape index (κ3) is 6.20. The number of carbonyl (C=O) groups excluding carboxylic acids is 1. The Labute approximate surface area is 233 Å². The number of rotatable bonds is 5. The number of alkyl halides is 3. The van der Waals surface area contributed by atoms with Gasteiger partial charge in [-0.2, -0.15) is 13.2 Å². The molecule has 41 heavy (non-hydrogen) atoms. The summed E-state index contributed by atoms with van der Waals surface area (Å²) in [7, 11) is 1.97. The number of hydrogen-bond donors (Lipinski definition) is 2. The van der Waals surface area contributed by atoms with Crippen LogP contribution in [0, 0.1) is 5.82 Å². The van der Waals surface area contributed by atoms with E-state index in [0.29, 0.717) is 69.1 Å². The van der Waals surface area contributed by atoms with Crippen LogP contribution in [0.15, 0.2) is 47.5 Å². The summed E-state index contributed by atoms with van der Waals surface area (Å²) in [5.41, 5.74) is -2.05. The Kier molecular flexibility index (Phi) is 8.00. The lowest BCUT2D eigenvalue weighted by Crippen LogP contribution is -2.50. The first-order valence-electron chi connectivity index (χ1n) is 13.2. The summed E-state index contributed by atoms with van der Waals surface area (Å²) in [6, 6.07) is 6.64. The van der Waals surface area contributed by atoms with E-state index in [9.17, 15) is 22.8 Å². The van der Waals surface area contributed by atoms with E-state index in [1.54, 1.807) is 12.1 Å². The second kappa shape index (κ2) is 11.5. The van der Waals surface area contributed by atoms with Crippen molar-refractivity contribution in [2.45, 2.75) is 19.1 Å². The summed E-state index contributed by atoms with van der Waals surface area (Å²) in [5.74, 6) is -0.937. The van der Waals surface area contributed by atoms with Crippen LogP contribution in [0.25, 0.3) is 11.1 Å². The smallest absolute Gasteiger partial charge is 0.378 e. The fraction of sp³-hybridized carbons (Fsp3) is 0.393. The predicted octanol–water partition coefficient (Wildman–Crippen LogP) is 3.82. The number of anilines is 3. The van der Waals surface area contributed by atoms with Crippen molar-refractivity contribution >= 4 is 23.1 Å². The molecule has 2 aliphatic rings. The predicted molar refractivity (Wildman–Crippen MR) is 147 cm³/mol. The van der Waals surface area contributed by atoms with Gasteiger partial charge in [-0.25, -0.2) is 9.37 Å². The van der Waals surface area contributed by atoms with Gasteiger partial charge in [-0.05, 0) is 38.2 Å². The number of aromatic amines is 1. The molecule has 2 aliphatic heterocycles. The van der Waals surface area contributed by atoms with Crippen LogP contribution < -0.4 is 20.7 Å². The maximum Gasteiger partial charge on any atom is 0.417 e. The molecule has 4 heterocycles. The maximum atomic E-state index is 15.6. The molecule has 5 rings (SSSR count).